The summed E-state index contributed by atoms with van der Waals surface area (Å²) in [5.41, 5.74) is 1.37. The van der Waals surface area contributed by atoms with E-state index in [-0.39, 0.29) is 17.9 Å². The van der Waals surface area contributed by atoms with Gasteiger partial charge in [-0.3, -0.25) is 4.79 Å². The number of nitrogens with one attached hydrogen (secondary N) is 2. The first kappa shape index (κ1) is 19.2. The molecule has 3 aromatic rings. The van der Waals surface area contributed by atoms with Crippen molar-refractivity contribution in [3.63, 3.8) is 0 Å². The summed E-state index contributed by atoms with van der Waals surface area (Å²) in [4.78, 5) is 24.7. The number of rotatable bonds is 7. The summed E-state index contributed by atoms with van der Waals surface area (Å²) in [6.45, 7) is 1.70. The van der Waals surface area contributed by atoms with E-state index in [0.717, 1.165) is 0 Å². The minimum absolute atomic E-state index is 0.205. The SMILES string of the molecule is CC(OC(=O)c1ccccc1Nc1ccc(F)cc1)C(=O)NCc1ccco1. The maximum absolute atomic E-state index is 13.1. The normalized spacial score (nSPS) is 11.5. The van der Waals surface area contributed by atoms with Crippen LogP contribution in [-0.2, 0) is 16.1 Å². The monoisotopic (exact) mass is 382 g/mol. The number of para-hydroxylation sites is 1. The van der Waals surface area contributed by atoms with Gasteiger partial charge in [0.05, 0.1) is 24.1 Å². The molecular weight excluding hydrogens is 363 g/mol. The summed E-state index contributed by atoms with van der Waals surface area (Å²) < 4.78 is 23.5. The second-order valence-corrected chi connectivity index (χ2v) is 6.02. The maximum atomic E-state index is 13.1. The Morgan fingerprint density at radius 2 is 1.82 bits per heavy atom. The smallest absolute Gasteiger partial charge is 0.341 e. The van der Waals surface area contributed by atoms with Crippen LogP contribution < -0.4 is 10.6 Å². The van der Waals surface area contributed by atoms with Crippen molar-refractivity contribution in [2.45, 2.75) is 19.6 Å². The minimum atomic E-state index is -0.985. The van der Waals surface area contributed by atoms with Gasteiger partial charge < -0.3 is 19.8 Å². The van der Waals surface area contributed by atoms with E-state index < -0.39 is 18.0 Å². The summed E-state index contributed by atoms with van der Waals surface area (Å²) >= 11 is 0. The van der Waals surface area contributed by atoms with Gasteiger partial charge in [-0.15, -0.1) is 0 Å². The molecule has 0 saturated carbocycles. The number of furan rings is 1. The fourth-order valence-electron chi connectivity index (χ4n) is 2.47. The van der Waals surface area contributed by atoms with Crippen molar-refractivity contribution in [2.24, 2.45) is 0 Å². The zero-order chi connectivity index (χ0) is 19.9. The third-order valence-electron chi connectivity index (χ3n) is 3.94. The van der Waals surface area contributed by atoms with Crippen molar-refractivity contribution in [1.29, 1.82) is 0 Å². The molecule has 1 amide bonds. The Balaban J connectivity index is 1.63. The van der Waals surface area contributed by atoms with Crippen molar-refractivity contribution in [3.05, 3.63) is 84.1 Å². The van der Waals surface area contributed by atoms with E-state index in [1.807, 2.05) is 0 Å². The first-order valence-corrected chi connectivity index (χ1v) is 8.65. The van der Waals surface area contributed by atoms with Crippen LogP contribution in [0.25, 0.3) is 0 Å². The molecule has 144 valence electrons. The summed E-state index contributed by atoms with van der Waals surface area (Å²) in [6, 6.07) is 15.9. The van der Waals surface area contributed by atoms with Crippen LogP contribution in [0.3, 0.4) is 0 Å². The van der Waals surface area contributed by atoms with Crippen molar-refractivity contribution in [3.8, 4) is 0 Å². The molecule has 1 atom stereocenters. The molecule has 7 heteroatoms. The van der Waals surface area contributed by atoms with Gasteiger partial charge in [0.15, 0.2) is 6.10 Å². The van der Waals surface area contributed by atoms with Gasteiger partial charge in [-0.25, -0.2) is 9.18 Å². The number of carbonyl (C=O) groups excluding carboxylic acids is 2. The van der Waals surface area contributed by atoms with Crippen LogP contribution in [0.4, 0.5) is 15.8 Å². The van der Waals surface area contributed by atoms with Gasteiger partial charge in [-0.1, -0.05) is 12.1 Å². The fraction of sp³-hybridized carbons (Fsp3) is 0.143. The van der Waals surface area contributed by atoms with Gasteiger partial charge >= 0.3 is 5.97 Å². The van der Waals surface area contributed by atoms with Crippen molar-refractivity contribution < 1.29 is 23.1 Å². The van der Waals surface area contributed by atoms with Crippen molar-refractivity contribution in [1.82, 2.24) is 5.32 Å². The predicted molar refractivity (Wildman–Crippen MR) is 102 cm³/mol. The lowest BCUT2D eigenvalue weighted by Crippen LogP contribution is -2.35. The molecule has 0 aliphatic carbocycles. The summed E-state index contributed by atoms with van der Waals surface area (Å²) in [6.07, 6.45) is 0.525. The third-order valence-corrected chi connectivity index (χ3v) is 3.94. The zero-order valence-corrected chi connectivity index (χ0v) is 15.1. The van der Waals surface area contributed by atoms with Crippen LogP contribution in [0, 0.1) is 5.82 Å². The first-order valence-electron chi connectivity index (χ1n) is 8.65. The van der Waals surface area contributed by atoms with Crippen LogP contribution in [0.5, 0.6) is 0 Å². The molecule has 0 bridgehead atoms. The number of esters is 1. The van der Waals surface area contributed by atoms with Gasteiger partial charge in [0.25, 0.3) is 5.91 Å². The Morgan fingerprint density at radius 3 is 2.54 bits per heavy atom. The number of hydrogen-bond acceptors (Lipinski definition) is 5. The molecular formula is C21H19FN2O4. The molecule has 0 spiro atoms. The lowest BCUT2D eigenvalue weighted by atomic mass is 10.1. The molecule has 1 unspecified atom stereocenters. The molecule has 28 heavy (non-hydrogen) atoms. The summed E-state index contributed by atoms with van der Waals surface area (Å²) in [5, 5.41) is 5.69. The van der Waals surface area contributed by atoms with Gasteiger partial charge in [-0.2, -0.15) is 0 Å². The average molecular weight is 382 g/mol. The second kappa shape index (κ2) is 8.85. The number of ether oxygens (including phenoxy) is 1. The Hall–Kier alpha value is -3.61. The lowest BCUT2D eigenvalue weighted by molar-refractivity contribution is -0.129. The number of halogens is 1. The molecule has 1 aromatic heterocycles. The van der Waals surface area contributed by atoms with E-state index in [4.69, 9.17) is 9.15 Å². The molecule has 0 saturated heterocycles. The van der Waals surface area contributed by atoms with E-state index in [1.165, 1.54) is 25.3 Å². The molecule has 3 rings (SSSR count). The maximum Gasteiger partial charge on any atom is 0.341 e. The number of carbonyl (C=O) groups is 2. The quantitative estimate of drug-likeness (QED) is 0.603. The van der Waals surface area contributed by atoms with Crippen molar-refractivity contribution in [2.75, 3.05) is 5.32 Å². The van der Waals surface area contributed by atoms with Crippen LogP contribution in [-0.4, -0.2) is 18.0 Å². The van der Waals surface area contributed by atoms with Gasteiger partial charge in [-0.05, 0) is 55.5 Å². The molecule has 0 aliphatic heterocycles. The predicted octanol–water partition coefficient (Wildman–Crippen LogP) is 4.02. The van der Waals surface area contributed by atoms with E-state index in [2.05, 4.69) is 10.6 Å². The van der Waals surface area contributed by atoms with E-state index in [0.29, 0.717) is 17.1 Å². The Morgan fingerprint density at radius 1 is 1.07 bits per heavy atom. The lowest BCUT2D eigenvalue weighted by Gasteiger charge is -2.15. The second-order valence-electron chi connectivity index (χ2n) is 6.02. The standard InChI is InChI=1S/C21H19FN2O4/c1-14(20(25)23-13-17-5-4-12-27-17)28-21(26)18-6-2-3-7-19(18)24-16-10-8-15(22)9-11-16/h2-12,14,24H,13H2,1H3,(H,23,25). The number of anilines is 2. The van der Waals surface area contributed by atoms with E-state index in [1.54, 1.807) is 48.5 Å². The molecule has 0 radical (unpaired) electrons. The molecule has 2 N–H and O–H groups in total. The van der Waals surface area contributed by atoms with Crippen LogP contribution >= 0.6 is 0 Å². The highest BCUT2D eigenvalue weighted by Crippen LogP contribution is 2.22. The highest BCUT2D eigenvalue weighted by Gasteiger charge is 2.21. The van der Waals surface area contributed by atoms with Crippen LogP contribution in [0.2, 0.25) is 0 Å². The number of hydrogen-bond donors (Lipinski definition) is 2. The van der Waals surface area contributed by atoms with Crippen LogP contribution in [0.15, 0.2) is 71.3 Å². The Bertz CT molecular complexity index is 939. The van der Waals surface area contributed by atoms with Crippen molar-refractivity contribution >= 4 is 23.3 Å². The number of amides is 1. The summed E-state index contributed by atoms with van der Waals surface area (Å²) in [5.74, 6) is -0.840. The molecule has 2 aromatic carbocycles. The number of benzene rings is 2. The van der Waals surface area contributed by atoms with Gasteiger partial charge in [0.2, 0.25) is 0 Å². The molecule has 0 aliphatic rings. The third kappa shape index (κ3) is 4.97. The fourth-order valence-corrected chi connectivity index (χ4v) is 2.47. The molecule has 6 nitrogen and oxygen atoms in total. The minimum Gasteiger partial charge on any atom is -0.467 e. The Kier molecular flexibility index (Phi) is 6.06. The average Bonchev–Trinajstić information content (AvgIpc) is 3.22. The topological polar surface area (TPSA) is 80.6 Å². The van der Waals surface area contributed by atoms with E-state index >= 15 is 0 Å². The highest BCUT2D eigenvalue weighted by atomic mass is 19.1. The highest BCUT2D eigenvalue weighted by molar-refractivity contribution is 5.98. The Labute approximate surface area is 161 Å². The summed E-state index contributed by atoms with van der Waals surface area (Å²) in [7, 11) is 0. The molecule has 1 heterocycles. The van der Waals surface area contributed by atoms with E-state index in [9.17, 15) is 14.0 Å². The first-order chi connectivity index (χ1) is 13.5. The van der Waals surface area contributed by atoms with Gasteiger partial charge in [0, 0.05) is 5.69 Å². The largest absolute Gasteiger partial charge is 0.467 e. The zero-order valence-electron chi connectivity index (χ0n) is 15.1. The van der Waals surface area contributed by atoms with Crippen LogP contribution in [0.1, 0.15) is 23.0 Å². The molecule has 0 fully saturated rings. The van der Waals surface area contributed by atoms with Gasteiger partial charge in [0.1, 0.15) is 11.6 Å².